The van der Waals surface area contributed by atoms with Gasteiger partial charge in [0.15, 0.2) is 0 Å². The summed E-state index contributed by atoms with van der Waals surface area (Å²) in [6.07, 6.45) is 4.87. The number of rotatable bonds is 4. The zero-order valence-corrected chi connectivity index (χ0v) is 11.6. The van der Waals surface area contributed by atoms with Gasteiger partial charge in [-0.05, 0) is 5.56 Å². The number of hydrogen-bond acceptors (Lipinski definition) is 3. The minimum atomic E-state index is -0.157. The fourth-order valence-electron chi connectivity index (χ4n) is 2.14. The summed E-state index contributed by atoms with van der Waals surface area (Å²) in [6, 6.07) is 9.89. The summed E-state index contributed by atoms with van der Waals surface area (Å²) < 4.78 is 1.68. The van der Waals surface area contributed by atoms with Gasteiger partial charge >= 0.3 is 0 Å². The molecule has 0 atom stereocenters. The van der Waals surface area contributed by atoms with E-state index in [0.29, 0.717) is 12.2 Å². The number of aromatic nitrogens is 4. The number of amides is 1. The summed E-state index contributed by atoms with van der Waals surface area (Å²) in [5.41, 5.74) is 3.43. The van der Waals surface area contributed by atoms with Crippen molar-refractivity contribution in [3.8, 4) is 11.3 Å². The van der Waals surface area contributed by atoms with Crippen molar-refractivity contribution < 1.29 is 4.79 Å². The lowest BCUT2D eigenvalue weighted by atomic mass is 10.1. The SMILES string of the molecule is Cn1cncc1C(=O)NCc1cn[nH]c1-c1ccccc1. The van der Waals surface area contributed by atoms with E-state index >= 15 is 0 Å². The number of aryl methyl sites for hydroxylation is 1. The maximum atomic E-state index is 12.1. The van der Waals surface area contributed by atoms with Crippen LogP contribution >= 0.6 is 0 Å². The van der Waals surface area contributed by atoms with Gasteiger partial charge in [-0.3, -0.25) is 9.89 Å². The number of imidazole rings is 1. The molecule has 3 rings (SSSR count). The van der Waals surface area contributed by atoms with Gasteiger partial charge in [0.2, 0.25) is 0 Å². The Hall–Kier alpha value is -2.89. The molecule has 6 nitrogen and oxygen atoms in total. The van der Waals surface area contributed by atoms with E-state index in [1.807, 2.05) is 30.3 Å². The average Bonchev–Trinajstić information content (AvgIpc) is 3.14. The van der Waals surface area contributed by atoms with E-state index in [4.69, 9.17) is 0 Å². The Labute approximate surface area is 121 Å². The third kappa shape index (κ3) is 2.69. The number of hydrogen-bond donors (Lipinski definition) is 2. The second kappa shape index (κ2) is 5.62. The van der Waals surface area contributed by atoms with Crippen LogP contribution in [0.15, 0.2) is 49.1 Å². The molecule has 0 bridgehead atoms. The van der Waals surface area contributed by atoms with E-state index in [1.165, 1.54) is 0 Å². The average molecular weight is 281 g/mol. The lowest BCUT2D eigenvalue weighted by Crippen LogP contribution is -2.24. The van der Waals surface area contributed by atoms with Crippen LogP contribution in [0.1, 0.15) is 16.1 Å². The molecular weight excluding hydrogens is 266 g/mol. The van der Waals surface area contributed by atoms with Gasteiger partial charge < -0.3 is 9.88 Å². The highest BCUT2D eigenvalue weighted by Gasteiger charge is 2.12. The summed E-state index contributed by atoms with van der Waals surface area (Å²) in [5, 5.41) is 9.91. The van der Waals surface area contributed by atoms with Crippen LogP contribution in [0.25, 0.3) is 11.3 Å². The number of carbonyl (C=O) groups is 1. The number of carbonyl (C=O) groups excluding carboxylic acids is 1. The number of nitrogens with one attached hydrogen (secondary N) is 2. The van der Waals surface area contributed by atoms with Gasteiger partial charge in [-0.2, -0.15) is 5.10 Å². The Morgan fingerprint density at radius 1 is 1.29 bits per heavy atom. The smallest absolute Gasteiger partial charge is 0.269 e. The zero-order chi connectivity index (χ0) is 14.7. The van der Waals surface area contributed by atoms with E-state index in [9.17, 15) is 4.79 Å². The van der Waals surface area contributed by atoms with Crippen molar-refractivity contribution in [1.29, 1.82) is 0 Å². The van der Waals surface area contributed by atoms with Gasteiger partial charge in [-0.25, -0.2) is 4.98 Å². The fourth-order valence-corrected chi connectivity index (χ4v) is 2.14. The maximum absolute atomic E-state index is 12.1. The molecule has 0 saturated carbocycles. The van der Waals surface area contributed by atoms with Crippen LogP contribution in [0.2, 0.25) is 0 Å². The maximum Gasteiger partial charge on any atom is 0.269 e. The quantitative estimate of drug-likeness (QED) is 0.765. The monoisotopic (exact) mass is 281 g/mol. The van der Waals surface area contributed by atoms with Crippen molar-refractivity contribution in [2.75, 3.05) is 0 Å². The number of nitrogens with zero attached hydrogens (tertiary/aromatic N) is 3. The minimum absolute atomic E-state index is 0.157. The molecule has 0 aliphatic carbocycles. The highest BCUT2D eigenvalue weighted by molar-refractivity contribution is 5.92. The fraction of sp³-hybridized carbons (Fsp3) is 0.133. The summed E-state index contributed by atoms with van der Waals surface area (Å²) in [5.74, 6) is -0.157. The van der Waals surface area contributed by atoms with Crippen molar-refractivity contribution in [3.63, 3.8) is 0 Å². The van der Waals surface area contributed by atoms with Gasteiger partial charge in [0.05, 0.1) is 24.4 Å². The predicted molar refractivity (Wildman–Crippen MR) is 78.4 cm³/mol. The van der Waals surface area contributed by atoms with Crippen LogP contribution in [0.4, 0.5) is 0 Å². The second-order valence-electron chi connectivity index (χ2n) is 4.71. The Bertz CT molecular complexity index is 744. The first-order valence-corrected chi connectivity index (χ1v) is 6.58. The summed E-state index contributed by atoms with van der Waals surface area (Å²) in [4.78, 5) is 16.0. The lowest BCUT2D eigenvalue weighted by molar-refractivity contribution is 0.0943. The highest BCUT2D eigenvalue weighted by Crippen LogP contribution is 2.20. The molecule has 106 valence electrons. The summed E-state index contributed by atoms with van der Waals surface area (Å²) >= 11 is 0. The first kappa shape index (κ1) is 13.1. The molecule has 3 aromatic rings. The molecule has 0 aliphatic rings. The van der Waals surface area contributed by atoms with Gasteiger partial charge in [-0.1, -0.05) is 30.3 Å². The molecule has 0 saturated heterocycles. The predicted octanol–water partition coefficient (Wildman–Crippen LogP) is 1.74. The van der Waals surface area contributed by atoms with Gasteiger partial charge in [0.25, 0.3) is 5.91 Å². The number of aromatic amines is 1. The van der Waals surface area contributed by atoms with Crippen molar-refractivity contribution in [1.82, 2.24) is 25.1 Å². The Morgan fingerprint density at radius 2 is 2.10 bits per heavy atom. The van der Waals surface area contributed by atoms with Crippen molar-refractivity contribution in [2.45, 2.75) is 6.54 Å². The number of H-pyrrole nitrogens is 1. The molecule has 2 aromatic heterocycles. The van der Waals surface area contributed by atoms with Crippen molar-refractivity contribution in [2.24, 2.45) is 7.05 Å². The molecular formula is C15H15N5O. The molecule has 6 heteroatoms. The summed E-state index contributed by atoms with van der Waals surface area (Å²) in [6.45, 7) is 0.407. The van der Waals surface area contributed by atoms with E-state index in [-0.39, 0.29) is 5.91 Å². The van der Waals surface area contributed by atoms with E-state index in [1.54, 1.807) is 30.3 Å². The molecule has 0 unspecified atom stereocenters. The Morgan fingerprint density at radius 3 is 2.81 bits per heavy atom. The first-order valence-electron chi connectivity index (χ1n) is 6.58. The van der Waals surface area contributed by atoms with Crippen LogP contribution in [-0.2, 0) is 13.6 Å². The normalized spacial score (nSPS) is 10.5. The molecule has 2 N–H and O–H groups in total. The molecule has 21 heavy (non-hydrogen) atoms. The largest absolute Gasteiger partial charge is 0.346 e. The molecule has 1 aromatic carbocycles. The Balaban J connectivity index is 1.74. The molecule has 0 fully saturated rings. The van der Waals surface area contributed by atoms with E-state index in [2.05, 4.69) is 20.5 Å². The molecule has 1 amide bonds. The molecule has 0 spiro atoms. The van der Waals surface area contributed by atoms with Gasteiger partial charge in [0.1, 0.15) is 5.69 Å². The van der Waals surface area contributed by atoms with Crippen molar-refractivity contribution in [3.05, 3.63) is 60.3 Å². The second-order valence-corrected chi connectivity index (χ2v) is 4.71. The van der Waals surface area contributed by atoms with Crippen molar-refractivity contribution >= 4 is 5.91 Å². The number of benzene rings is 1. The van der Waals surface area contributed by atoms with Crippen LogP contribution in [0, 0.1) is 0 Å². The topological polar surface area (TPSA) is 75.6 Å². The van der Waals surface area contributed by atoms with Crippen LogP contribution in [0.3, 0.4) is 0 Å². The van der Waals surface area contributed by atoms with Crippen LogP contribution in [-0.4, -0.2) is 25.7 Å². The minimum Gasteiger partial charge on any atom is -0.346 e. The standard InChI is InChI=1S/C15H15N5O/c1-20-10-16-9-13(20)15(21)17-7-12-8-18-19-14(12)11-5-3-2-4-6-11/h2-6,8-10H,7H2,1H3,(H,17,21)(H,18,19). The lowest BCUT2D eigenvalue weighted by Gasteiger charge is -2.06. The zero-order valence-electron chi connectivity index (χ0n) is 11.6. The molecule has 0 aliphatic heterocycles. The molecule has 0 radical (unpaired) electrons. The van der Waals surface area contributed by atoms with Gasteiger partial charge in [0, 0.05) is 19.2 Å². The Kier molecular flexibility index (Phi) is 3.51. The first-order chi connectivity index (χ1) is 10.3. The van der Waals surface area contributed by atoms with Crippen LogP contribution in [0.5, 0.6) is 0 Å². The summed E-state index contributed by atoms with van der Waals surface area (Å²) in [7, 11) is 1.79. The van der Waals surface area contributed by atoms with Gasteiger partial charge in [-0.15, -0.1) is 0 Å². The highest BCUT2D eigenvalue weighted by atomic mass is 16.1. The van der Waals surface area contributed by atoms with Crippen LogP contribution < -0.4 is 5.32 Å². The molecule has 2 heterocycles. The van der Waals surface area contributed by atoms with E-state index < -0.39 is 0 Å². The van der Waals surface area contributed by atoms with E-state index in [0.717, 1.165) is 16.8 Å². The third-order valence-corrected chi connectivity index (χ3v) is 3.27. The third-order valence-electron chi connectivity index (χ3n) is 3.27.